The highest BCUT2D eigenvalue weighted by molar-refractivity contribution is 5.91. The molecule has 0 aromatic rings. The van der Waals surface area contributed by atoms with Crippen molar-refractivity contribution in [3.63, 3.8) is 0 Å². The summed E-state index contributed by atoms with van der Waals surface area (Å²) >= 11 is 0. The Morgan fingerprint density at radius 2 is 2.00 bits per heavy atom. The Morgan fingerprint density at radius 3 is 2.72 bits per heavy atom. The molecular formula is C22H28O3. The molecule has 0 spiro atoms. The van der Waals surface area contributed by atoms with Gasteiger partial charge in [-0.05, 0) is 74.7 Å². The lowest BCUT2D eigenvalue weighted by Gasteiger charge is -2.55. The molecule has 4 rings (SSSR count). The number of ether oxygens (including phenoxy) is 1. The largest absolute Gasteiger partial charge is 0.445 e. The first-order chi connectivity index (χ1) is 11.9. The lowest BCUT2D eigenvalue weighted by molar-refractivity contribution is -0.167. The molecule has 4 aliphatic carbocycles. The van der Waals surface area contributed by atoms with Crippen LogP contribution in [0.5, 0.6) is 0 Å². The van der Waals surface area contributed by atoms with Crippen molar-refractivity contribution < 1.29 is 14.3 Å². The third-order valence-electron chi connectivity index (χ3n) is 7.97. The Kier molecular flexibility index (Phi) is 3.87. The number of allylic oxidation sites excluding steroid dienone is 1. The number of terminal acetylenes is 1. The fourth-order valence-electron chi connectivity index (χ4n) is 6.86. The number of carbonyl (C=O) groups excluding carboxylic acids is 2. The Bertz CT molecular complexity index is 684. The van der Waals surface area contributed by atoms with E-state index >= 15 is 0 Å². The van der Waals surface area contributed by atoms with Gasteiger partial charge in [0.05, 0.1) is 0 Å². The van der Waals surface area contributed by atoms with Crippen molar-refractivity contribution in [2.45, 2.75) is 70.8 Å². The molecule has 0 radical (unpaired) electrons. The van der Waals surface area contributed by atoms with E-state index in [9.17, 15) is 9.59 Å². The zero-order valence-corrected chi connectivity index (χ0v) is 15.3. The van der Waals surface area contributed by atoms with Crippen LogP contribution in [-0.2, 0) is 14.3 Å². The van der Waals surface area contributed by atoms with Gasteiger partial charge in [-0.15, -0.1) is 6.42 Å². The standard InChI is InChI=1S/C22H28O3/c1-4-22(25-14(2)23)12-10-20-19-7-5-15-13-16(24)6-8-17(15)18(19)9-11-21(20,22)3/h1,13,17-20H,5-12H2,2-3H3/t17-,18?,19?,20?,21+,22-/m0/s1. The van der Waals surface area contributed by atoms with Gasteiger partial charge >= 0.3 is 5.97 Å². The van der Waals surface area contributed by atoms with Crippen LogP contribution in [0.15, 0.2) is 11.6 Å². The number of carbonyl (C=O) groups is 2. The molecule has 4 aliphatic rings. The second kappa shape index (κ2) is 5.73. The zero-order valence-electron chi connectivity index (χ0n) is 15.3. The van der Waals surface area contributed by atoms with Crippen molar-refractivity contribution >= 4 is 11.8 Å². The predicted molar refractivity (Wildman–Crippen MR) is 95.4 cm³/mol. The first-order valence-corrected chi connectivity index (χ1v) is 9.81. The summed E-state index contributed by atoms with van der Waals surface area (Å²) in [6, 6.07) is 0. The van der Waals surface area contributed by atoms with E-state index in [1.54, 1.807) is 0 Å². The summed E-state index contributed by atoms with van der Waals surface area (Å²) in [5, 5.41) is 0. The number of rotatable bonds is 1. The van der Waals surface area contributed by atoms with Crippen LogP contribution in [0, 0.1) is 41.4 Å². The molecule has 3 nitrogen and oxygen atoms in total. The average Bonchev–Trinajstić information content (AvgIpc) is 2.87. The lowest BCUT2D eigenvalue weighted by atomic mass is 9.50. The minimum Gasteiger partial charge on any atom is -0.445 e. The van der Waals surface area contributed by atoms with E-state index in [1.807, 2.05) is 6.08 Å². The van der Waals surface area contributed by atoms with Gasteiger partial charge in [-0.25, -0.2) is 0 Å². The van der Waals surface area contributed by atoms with Gasteiger partial charge in [0.25, 0.3) is 0 Å². The summed E-state index contributed by atoms with van der Waals surface area (Å²) < 4.78 is 5.79. The molecule has 0 saturated heterocycles. The molecule has 0 amide bonds. The first-order valence-electron chi connectivity index (χ1n) is 9.81. The van der Waals surface area contributed by atoms with Gasteiger partial charge in [0.1, 0.15) is 0 Å². The number of hydrogen-bond donors (Lipinski definition) is 0. The molecule has 25 heavy (non-hydrogen) atoms. The molecule has 0 heterocycles. The smallest absolute Gasteiger partial charge is 0.304 e. The SMILES string of the molecule is C#C[C@]1(OC(C)=O)CCC2C3CCC4=CC(=O)CC[C@@H]4C3CC[C@]21C. The fraction of sp³-hybridized carbons (Fsp3) is 0.727. The van der Waals surface area contributed by atoms with Gasteiger partial charge in [-0.2, -0.15) is 0 Å². The minimum atomic E-state index is -0.729. The molecule has 0 N–H and O–H groups in total. The monoisotopic (exact) mass is 340 g/mol. The van der Waals surface area contributed by atoms with E-state index in [0.29, 0.717) is 35.9 Å². The highest BCUT2D eigenvalue weighted by atomic mass is 16.6. The van der Waals surface area contributed by atoms with Crippen molar-refractivity contribution in [3.8, 4) is 12.3 Å². The van der Waals surface area contributed by atoms with Crippen LogP contribution >= 0.6 is 0 Å². The summed E-state index contributed by atoms with van der Waals surface area (Å²) in [5.41, 5.74) is 0.565. The topological polar surface area (TPSA) is 43.4 Å². The Morgan fingerprint density at radius 1 is 1.20 bits per heavy atom. The summed E-state index contributed by atoms with van der Waals surface area (Å²) in [4.78, 5) is 23.5. The third kappa shape index (κ3) is 2.33. The Hall–Kier alpha value is -1.56. The third-order valence-corrected chi connectivity index (χ3v) is 7.97. The summed E-state index contributed by atoms with van der Waals surface area (Å²) in [7, 11) is 0. The molecule has 0 aliphatic heterocycles. The fourth-order valence-corrected chi connectivity index (χ4v) is 6.86. The zero-order chi connectivity index (χ0) is 17.8. The molecule has 134 valence electrons. The first kappa shape index (κ1) is 16.9. The minimum absolute atomic E-state index is 0.111. The van der Waals surface area contributed by atoms with E-state index in [2.05, 4.69) is 12.8 Å². The van der Waals surface area contributed by atoms with E-state index in [-0.39, 0.29) is 11.4 Å². The maximum Gasteiger partial charge on any atom is 0.304 e. The summed E-state index contributed by atoms with van der Waals surface area (Å²) in [6.07, 6.45) is 15.8. The van der Waals surface area contributed by atoms with Crippen LogP contribution in [0.4, 0.5) is 0 Å². The number of fused-ring (bicyclic) bond motifs is 5. The molecule has 3 unspecified atom stereocenters. The van der Waals surface area contributed by atoms with Crippen molar-refractivity contribution in [2.75, 3.05) is 0 Å². The van der Waals surface area contributed by atoms with E-state index in [4.69, 9.17) is 11.2 Å². The van der Waals surface area contributed by atoms with Crippen molar-refractivity contribution in [3.05, 3.63) is 11.6 Å². The van der Waals surface area contributed by atoms with Crippen LogP contribution in [-0.4, -0.2) is 17.4 Å². The highest BCUT2D eigenvalue weighted by Gasteiger charge is 2.64. The number of hydrogen-bond acceptors (Lipinski definition) is 3. The normalized spacial score (nSPS) is 45.5. The van der Waals surface area contributed by atoms with Crippen LogP contribution in [0.1, 0.15) is 65.2 Å². The average molecular weight is 340 g/mol. The molecular weight excluding hydrogens is 312 g/mol. The highest BCUT2D eigenvalue weighted by Crippen LogP contribution is 2.65. The summed E-state index contributed by atoms with van der Waals surface area (Å²) in [5.74, 6) is 5.41. The van der Waals surface area contributed by atoms with Crippen LogP contribution in [0.25, 0.3) is 0 Å². The van der Waals surface area contributed by atoms with Crippen LogP contribution in [0.2, 0.25) is 0 Å². The molecule has 3 heteroatoms. The molecule has 3 fully saturated rings. The van der Waals surface area contributed by atoms with Gasteiger partial charge in [-0.1, -0.05) is 18.4 Å². The van der Waals surface area contributed by atoms with Gasteiger partial charge in [-0.3, -0.25) is 9.59 Å². The number of ketones is 1. The van der Waals surface area contributed by atoms with Crippen molar-refractivity contribution in [1.82, 2.24) is 0 Å². The second-order valence-corrected chi connectivity index (χ2v) is 8.86. The molecule has 0 aromatic carbocycles. The van der Waals surface area contributed by atoms with Crippen molar-refractivity contribution in [2.24, 2.45) is 29.1 Å². The maximum atomic E-state index is 11.8. The van der Waals surface area contributed by atoms with Crippen LogP contribution in [0.3, 0.4) is 0 Å². The van der Waals surface area contributed by atoms with Gasteiger partial charge in [0.15, 0.2) is 11.4 Å². The molecule has 0 bridgehead atoms. The van der Waals surface area contributed by atoms with Crippen molar-refractivity contribution in [1.29, 1.82) is 0 Å². The Balaban J connectivity index is 1.64. The maximum absolute atomic E-state index is 11.8. The quantitative estimate of drug-likeness (QED) is 0.534. The molecule has 6 atom stereocenters. The lowest BCUT2D eigenvalue weighted by Crippen LogP contribution is -2.53. The predicted octanol–water partition coefficient (Wildman–Crippen LogP) is 4.06. The van der Waals surface area contributed by atoms with Gasteiger partial charge in [0.2, 0.25) is 0 Å². The second-order valence-electron chi connectivity index (χ2n) is 8.86. The van der Waals surface area contributed by atoms with E-state index in [1.165, 1.54) is 12.5 Å². The van der Waals surface area contributed by atoms with Gasteiger partial charge < -0.3 is 4.74 Å². The number of esters is 1. The Labute approximate surface area is 150 Å². The molecule has 3 saturated carbocycles. The van der Waals surface area contributed by atoms with E-state index in [0.717, 1.165) is 44.9 Å². The van der Waals surface area contributed by atoms with E-state index < -0.39 is 5.60 Å². The van der Waals surface area contributed by atoms with Gasteiger partial charge in [0, 0.05) is 18.8 Å². The molecule has 0 aromatic heterocycles. The van der Waals surface area contributed by atoms with Crippen LogP contribution < -0.4 is 0 Å². The summed E-state index contributed by atoms with van der Waals surface area (Å²) in [6.45, 7) is 3.73.